The fraction of sp³-hybridized carbons (Fsp3) is 0.417. The van der Waals surface area contributed by atoms with Gasteiger partial charge in [0.2, 0.25) is 5.91 Å². The Bertz CT molecular complexity index is 366. The number of hydrogen-bond acceptors (Lipinski definition) is 3. The molecule has 16 heavy (non-hydrogen) atoms. The van der Waals surface area contributed by atoms with E-state index in [0.29, 0.717) is 6.42 Å². The van der Waals surface area contributed by atoms with Crippen LogP contribution >= 0.6 is 0 Å². The third-order valence-corrected chi connectivity index (χ3v) is 1.76. The first kappa shape index (κ1) is 12.4. The van der Waals surface area contributed by atoms with Gasteiger partial charge in [0.1, 0.15) is 0 Å². The number of nitrogens with zero attached hydrogens (tertiary/aromatic N) is 2. The van der Waals surface area contributed by atoms with Crippen molar-refractivity contribution in [3.8, 4) is 0 Å². The Balaban J connectivity index is 2.41. The van der Waals surface area contributed by atoms with E-state index in [1.807, 2.05) is 39.0 Å². The maximum absolute atomic E-state index is 11.4. The lowest BCUT2D eigenvalue weighted by Gasteiger charge is -2.15. The molecule has 0 unspecified atom stereocenters. The number of pyridine rings is 1. The maximum Gasteiger partial charge on any atom is 0.240 e. The second-order valence-electron chi connectivity index (χ2n) is 4.79. The number of aromatic nitrogens is 1. The molecule has 1 heterocycles. The molecule has 0 aliphatic carbocycles. The fourth-order valence-corrected chi connectivity index (χ4v) is 1.14. The molecule has 86 valence electrons. The molecule has 0 saturated carbocycles. The van der Waals surface area contributed by atoms with Crippen molar-refractivity contribution in [1.82, 2.24) is 10.4 Å². The van der Waals surface area contributed by atoms with Gasteiger partial charge in [0.25, 0.3) is 0 Å². The first-order valence-electron chi connectivity index (χ1n) is 5.20. The molecular formula is C12H17N3O. The van der Waals surface area contributed by atoms with Gasteiger partial charge in [0.05, 0.1) is 11.9 Å². The minimum absolute atomic E-state index is 0.0232. The number of carbonyl (C=O) groups excluding carboxylic acids is 1. The Morgan fingerprint density at radius 1 is 1.50 bits per heavy atom. The molecule has 4 nitrogen and oxygen atoms in total. The van der Waals surface area contributed by atoms with Crippen LogP contribution in [0, 0.1) is 5.41 Å². The molecule has 1 aromatic rings. The lowest BCUT2D eigenvalue weighted by molar-refractivity contribution is -0.122. The SMILES string of the molecule is CC(C)(C)CC(=O)N/N=C/c1ccccn1. The van der Waals surface area contributed by atoms with Crippen LogP contribution in [0.1, 0.15) is 32.9 Å². The summed E-state index contributed by atoms with van der Waals surface area (Å²) in [7, 11) is 0. The zero-order chi connectivity index (χ0) is 12.0. The van der Waals surface area contributed by atoms with Crippen molar-refractivity contribution >= 4 is 12.1 Å². The predicted octanol–water partition coefficient (Wildman–Crippen LogP) is 1.97. The Kier molecular flexibility index (Phi) is 4.17. The Morgan fingerprint density at radius 3 is 2.81 bits per heavy atom. The van der Waals surface area contributed by atoms with Crippen LogP contribution in [0.25, 0.3) is 0 Å². The monoisotopic (exact) mass is 219 g/mol. The minimum Gasteiger partial charge on any atom is -0.273 e. The van der Waals surface area contributed by atoms with Gasteiger partial charge in [-0.15, -0.1) is 0 Å². The highest BCUT2D eigenvalue weighted by molar-refractivity contribution is 5.80. The average Bonchev–Trinajstić information content (AvgIpc) is 2.16. The second kappa shape index (κ2) is 5.39. The largest absolute Gasteiger partial charge is 0.273 e. The summed E-state index contributed by atoms with van der Waals surface area (Å²) in [6, 6.07) is 5.51. The van der Waals surface area contributed by atoms with Crippen molar-refractivity contribution < 1.29 is 4.79 Å². The van der Waals surface area contributed by atoms with Gasteiger partial charge in [-0.25, -0.2) is 5.43 Å². The summed E-state index contributed by atoms with van der Waals surface area (Å²) in [5, 5.41) is 3.84. The van der Waals surface area contributed by atoms with E-state index in [4.69, 9.17) is 0 Å². The van der Waals surface area contributed by atoms with Gasteiger partial charge in [-0.1, -0.05) is 26.8 Å². The molecule has 0 aromatic carbocycles. The normalized spacial score (nSPS) is 11.7. The summed E-state index contributed by atoms with van der Waals surface area (Å²) in [5.41, 5.74) is 3.18. The third kappa shape index (κ3) is 5.24. The summed E-state index contributed by atoms with van der Waals surface area (Å²) in [6.45, 7) is 6.03. The van der Waals surface area contributed by atoms with Crippen molar-refractivity contribution in [1.29, 1.82) is 0 Å². The van der Waals surface area contributed by atoms with Crippen LogP contribution in [0.5, 0.6) is 0 Å². The quantitative estimate of drug-likeness (QED) is 0.624. The highest BCUT2D eigenvalue weighted by atomic mass is 16.2. The van der Waals surface area contributed by atoms with Crippen molar-refractivity contribution in [2.75, 3.05) is 0 Å². The third-order valence-electron chi connectivity index (χ3n) is 1.76. The molecule has 0 spiro atoms. The Labute approximate surface area is 95.8 Å². The van der Waals surface area contributed by atoms with Crippen molar-refractivity contribution in [2.24, 2.45) is 10.5 Å². The second-order valence-corrected chi connectivity index (χ2v) is 4.79. The molecular weight excluding hydrogens is 202 g/mol. The van der Waals surface area contributed by atoms with E-state index < -0.39 is 0 Å². The van der Waals surface area contributed by atoms with Crippen LogP contribution in [0.4, 0.5) is 0 Å². The molecule has 0 aliphatic heterocycles. The van der Waals surface area contributed by atoms with Crippen molar-refractivity contribution in [2.45, 2.75) is 27.2 Å². The smallest absolute Gasteiger partial charge is 0.240 e. The number of carbonyl (C=O) groups is 1. The van der Waals surface area contributed by atoms with Gasteiger partial charge in [-0.3, -0.25) is 9.78 Å². The molecule has 1 rings (SSSR count). The Morgan fingerprint density at radius 2 is 2.25 bits per heavy atom. The molecule has 0 saturated heterocycles. The van der Waals surface area contributed by atoms with Crippen LogP contribution in [0.15, 0.2) is 29.5 Å². The lowest BCUT2D eigenvalue weighted by Crippen LogP contribution is -2.23. The van der Waals surface area contributed by atoms with Gasteiger partial charge in [0, 0.05) is 12.6 Å². The highest BCUT2D eigenvalue weighted by Crippen LogP contribution is 2.17. The molecule has 4 heteroatoms. The van der Waals surface area contributed by atoms with E-state index in [9.17, 15) is 4.79 Å². The number of hydrogen-bond donors (Lipinski definition) is 1. The molecule has 0 radical (unpaired) electrons. The van der Waals surface area contributed by atoms with Gasteiger partial charge in [0.15, 0.2) is 0 Å². The van der Waals surface area contributed by atoms with E-state index in [0.717, 1.165) is 5.69 Å². The molecule has 1 aromatic heterocycles. The van der Waals surface area contributed by atoms with Crippen LogP contribution in [-0.4, -0.2) is 17.1 Å². The molecule has 1 N–H and O–H groups in total. The number of nitrogens with one attached hydrogen (secondary N) is 1. The zero-order valence-electron chi connectivity index (χ0n) is 9.90. The summed E-state index contributed by atoms with van der Waals surface area (Å²) < 4.78 is 0. The fourth-order valence-electron chi connectivity index (χ4n) is 1.14. The van der Waals surface area contributed by atoms with E-state index >= 15 is 0 Å². The zero-order valence-corrected chi connectivity index (χ0v) is 9.90. The van der Waals surface area contributed by atoms with E-state index in [1.165, 1.54) is 6.21 Å². The first-order chi connectivity index (χ1) is 7.47. The molecule has 0 aliphatic rings. The van der Waals surface area contributed by atoms with Crippen LogP contribution in [0.3, 0.4) is 0 Å². The topological polar surface area (TPSA) is 54.4 Å². The molecule has 0 bridgehead atoms. The van der Waals surface area contributed by atoms with Gasteiger partial charge < -0.3 is 0 Å². The highest BCUT2D eigenvalue weighted by Gasteiger charge is 2.14. The molecule has 0 fully saturated rings. The van der Waals surface area contributed by atoms with E-state index in [1.54, 1.807) is 6.20 Å². The molecule has 1 amide bonds. The van der Waals surface area contributed by atoms with Crippen LogP contribution < -0.4 is 5.43 Å². The standard InChI is InChI=1S/C12H17N3O/c1-12(2,3)8-11(16)15-14-9-10-6-4-5-7-13-10/h4-7,9H,8H2,1-3H3,(H,15,16)/b14-9+. The lowest BCUT2D eigenvalue weighted by atomic mass is 9.92. The van der Waals surface area contributed by atoms with Crippen molar-refractivity contribution in [3.05, 3.63) is 30.1 Å². The first-order valence-corrected chi connectivity index (χ1v) is 5.20. The van der Waals surface area contributed by atoms with E-state index in [2.05, 4.69) is 15.5 Å². The molecule has 0 atom stereocenters. The Hall–Kier alpha value is -1.71. The van der Waals surface area contributed by atoms with Gasteiger partial charge in [-0.2, -0.15) is 5.10 Å². The summed E-state index contributed by atoms with van der Waals surface area (Å²) in [4.78, 5) is 15.5. The number of rotatable bonds is 3. The van der Waals surface area contributed by atoms with Gasteiger partial charge >= 0.3 is 0 Å². The number of hydrazone groups is 1. The summed E-state index contributed by atoms with van der Waals surface area (Å²) in [5.74, 6) is -0.0836. The summed E-state index contributed by atoms with van der Waals surface area (Å²) >= 11 is 0. The predicted molar refractivity (Wildman–Crippen MR) is 64.0 cm³/mol. The van der Waals surface area contributed by atoms with Crippen molar-refractivity contribution in [3.63, 3.8) is 0 Å². The average molecular weight is 219 g/mol. The minimum atomic E-state index is -0.0836. The number of amides is 1. The van der Waals surface area contributed by atoms with E-state index in [-0.39, 0.29) is 11.3 Å². The van der Waals surface area contributed by atoms with Crippen LogP contribution in [0.2, 0.25) is 0 Å². The summed E-state index contributed by atoms with van der Waals surface area (Å²) in [6.07, 6.45) is 3.66. The maximum atomic E-state index is 11.4. The van der Waals surface area contributed by atoms with Crippen LogP contribution in [-0.2, 0) is 4.79 Å². The van der Waals surface area contributed by atoms with Gasteiger partial charge in [-0.05, 0) is 17.5 Å².